The molecule has 0 radical (unpaired) electrons. The van der Waals surface area contributed by atoms with Crippen molar-refractivity contribution in [3.8, 4) is 23.9 Å². The third-order valence-corrected chi connectivity index (χ3v) is 2.21. The SMILES string of the molecule is C#CCC(N)c1nc(-c2cccc(C)n2)no1. The molecule has 86 valence electrons. The molecule has 17 heavy (non-hydrogen) atoms. The van der Waals surface area contributed by atoms with Gasteiger partial charge in [0.05, 0.1) is 6.04 Å². The average molecular weight is 228 g/mol. The molecule has 0 fully saturated rings. The van der Waals surface area contributed by atoms with Gasteiger partial charge in [-0.25, -0.2) is 4.98 Å². The summed E-state index contributed by atoms with van der Waals surface area (Å²) in [6.07, 6.45) is 5.54. The quantitative estimate of drug-likeness (QED) is 0.805. The summed E-state index contributed by atoms with van der Waals surface area (Å²) in [4.78, 5) is 8.48. The molecule has 0 aliphatic carbocycles. The zero-order chi connectivity index (χ0) is 12.3. The smallest absolute Gasteiger partial charge is 0.244 e. The van der Waals surface area contributed by atoms with Gasteiger partial charge in [-0.15, -0.1) is 12.3 Å². The molecule has 0 aromatic carbocycles. The van der Waals surface area contributed by atoms with E-state index in [0.717, 1.165) is 5.69 Å². The number of aromatic nitrogens is 3. The number of nitrogens with two attached hydrogens (primary N) is 1. The predicted octanol–water partition coefficient (Wildman–Crippen LogP) is 1.46. The number of aryl methyl sites for hydroxylation is 1. The number of hydrogen-bond donors (Lipinski definition) is 1. The molecule has 0 bridgehead atoms. The number of nitrogens with zero attached hydrogens (tertiary/aromatic N) is 3. The van der Waals surface area contributed by atoms with E-state index >= 15 is 0 Å². The van der Waals surface area contributed by atoms with Crippen LogP contribution in [0.25, 0.3) is 11.5 Å². The van der Waals surface area contributed by atoms with Crippen LogP contribution < -0.4 is 5.73 Å². The minimum Gasteiger partial charge on any atom is -0.337 e. The summed E-state index contributed by atoms with van der Waals surface area (Å²) in [5.74, 6) is 3.22. The highest BCUT2D eigenvalue weighted by Crippen LogP contribution is 2.17. The van der Waals surface area contributed by atoms with Crippen LogP contribution in [0.1, 0.15) is 24.0 Å². The van der Waals surface area contributed by atoms with Crippen molar-refractivity contribution in [2.24, 2.45) is 5.73 Å². The molecule has 2 aromatic heterocycles. The second-order valence-corrected chi connectivity index (χ2v) is 3.64. The molecule has 0 spiro atoms. The Labute approximate surface area is 99.1 Å². The summed E-state index contributed by atoms with van der Waals surface area (Å²) in [6, 6.07) is 5.17. The fraction of sp³-hybridized carbons (Fsp3) is 0.250. The van der Waals surface area contributed by atoms with Crippen molar-refractivity contribution >= 4 is 0 Å². The Bertz CT molecular complexity index is 556. The van der Waals surface area contributed by atoms with Gasteiger partial charge in [0.2, 0.25) is 11.7 Å². The molecule has 1 unspecified atom stereocenters. The van der Waals surface area contributed by atoms with Crippen molar-refractivity contribution < 1.29 is 4.52 Å². The highest BCUT2D eigenvalue weighted by molar-refractivity contribution is 5.48. The van der Waals surface area contributed by atoms with Gasteiger partial charge in [0.15, 0.2) is 0 Å². The van der Waals surface area contributed by atoms with Crippen molar-refractivity contribution in [1.82, 2.24) is 15.1 Å². The van der Waals surface area contributed by atoms with Gasteiger partial charge in [0.25, 0.3) is 0 Å². The Hall–Kier alpha value is -2.19. The van der Waals surface area contributed by atoms with Crippen molar-refractivity contribution in [2.45, 2.75) is 19.4 Å². The maximum Gasteiger partial charge on any atom is 0.244 e. The maximum absolute atomic E-state index is 5.77. The summed E-state index contributed by atoms with van der Waals surface area (Å²) in [7, 11) is 0. The molecule has 1 atom stereocenters. The average Bonchev–Trinajstić information content (AvgIpc) is 2.78. The van der Waals surface area contributed by atoms with Gasteiger partial charge in [-0.1, -0.05) is 11.2 Å². The van der Waals surface area contributed by atoms with E-state index in [0.29, 0.717) is 23.8 Å². The molecule has 2 aromatic rings. The molecule has 2 N–H and O–H groups in total. The maximum atomic E-state index is 5.77. The Morgan fingerprint density at radius 2 is 2.29 bits per heavy atom. The molecular weight excluding hydrogens is 216 g/mol. The van der Waals surface area contributed by atoms with Gasteiger partial charge in [-0.3, -0.25) is 0 Å². The van der Waals surface area contributed by atoms with Crippen LogP contribution in [0.2, 0.25) is 0 Å². The molecule has 2 heterocycles. The molecular formula is C12H12N4O. The van der Waals surface area contributed by atoms with Gasteiger partial charge < -0.3 is 10.3 Å². The minimum absolute atomic E-state index is 0.334. The van der Waals surface area contributed by atoms with Gasteiger partial charge >= 0.3 is 0 Å². The monoisotopic (exact) mass is 228 g/mol. The highest BCUT2D eigenvalue weighted by atomic mass is 16.5. The fourth-order valence-corrected chi connectivity index (χ4v) is 1.37. The summed E-state index contributed by atoms with van der Waals surface area (Å²) >= 11 is 0. The van der Waals surface area contributed by atoms with Gasteiger partial charge in [0, 0.05) is 12.1 Å². The topological polar surface area (TPSA) is 77.8 Å². The van der Waals surface area contributed by atoms with E-state index in [-0.39, 0.29) is 0 Å². The summed E-state index contributed by atoms with van der Waals surface area (Å²) in [5.41, 5.74) is 7.32. The van der Waals surface area contributed by atoms with Crippen LogP contribution in [0.3, 0.4) is 0 Å². The minimum atomic E-state index is -0.425. The van der Waals surface area contributed by atoms with Crippen LogP contribution in [0.5, 0.6) is 0 Å². The zero-order valence-corrected chi connectivity index (χ0v) is 9.42. The third-order valence-electron chi connectivity index (χ3n) is 2.21. The van der Waals surface area contributed by atoms with Crippen LogP contribution in [-0.2, 0) is 0 Å². The first-order valence-corrected chi connectivity index (χ1v) is 5.17. The fourth-order valence-electron chi connectivity index (χ4n) is 1.37. The first-order valence-electron chi connectivity index (χ1n) is 5.17. The summed E-state index contributed by atoms with van der Waals surface area (Å²) < 4.78 is 5.05. The Kier molecular flexibility index (Phi) is 3.17. The number of rotatable bonds is 3. The lowest BCUT2D eigenvalue weighted by Gasteiger charge is -1.98. The molecule has 0 amide bonds. The van der Waals surface area contributed by atoms with Crippen LogP contribution in [0, 0.1) is 19.3 Å². The largest absolute Gasteiger partial charge is 0.337 e. The van der Waals surface area contributed by atoms with Crippen LogP contribution in [-0.4, -0.2) is 15.1 Å². The van der Waals surface area contributed by atoms with Crippen molar-refractivity contribution in [3.63, 3.8) is 0 Å². The predicted molar refractivity (Wildman–Crippen MR) is 62.6 cm³/mol. The van der Waals surface area contributed by atoms with E-state index in [9.17, 15) is 0 Å². The van der Waals surface area contributed by atoms with Crippen molar-refractivity contribution in [1.29, 1.82) is 0 Å². The van der Waals surface area contributed by atoms with Gasteiger partial charge in [0.1, 0.15) is 5.69 Å². The molecule has 0 saturated carbocycles. The third kappa shape index (κ3) is 2.49. The van der Waals surface area contributed by atoms with Gasteiger partial charge in [-0.2, -0.15) is 4.98 Å². The second kappa shape index (κ2) is 4.76. The lowest BCUT2D eigenvalue weighted by Crippen LogP contribution is -2.09. The van der Waals surface area contributed by atoms with Crippen LogP contribution in [0.4, 0.5) is 0 Å². The van der Waals surface area contributed by atoms with E-state index in [2.05, 4.69) is 21.0 Å². The molecule has 5 heteroatoms. The van der Waals surface area contributed by atoms with Crippen LogP contribution >= 0.6 is 0 Å². The highest BCUT2D eigenvalue weighted by Gasteiger charge is 2.15. The van der Waals surface area contributed by atoms with Gasteiger partial charge in [-0.05, 0) is 19.1 Å². The standard InChI is InChI=1S/C12H12N4O/c1-3-5-9(13)12-15-11(16-17-12)10-7-4-6-8(2)14-10/h1,4,6-7,9H,5,13H2,2H3. The van der Waals surface area contributed by atoms with Crippen molar-refractivity contribution in [3.05, 3.63) is 29.8 Å². The first-order chi connectivity index (χ1) is 8.20. The lowest BCUT2D eigenvalue weighted by atomic mass is 10.2. The Morgan fingerprint density at radius 1 is 1.47 bits per heavy atom. The molecule has 2 rings (SSSR count). The molecule has 0 saturated heterocycles. The van der Waals surface area contributed by atoms with E-state index in [1.807, 2.05) is 25.1 Å². The lowest BCUT2D eigenvalue weighted by molar-refractivity contribution is 0.356. The van der Waals surface area contributed by atoms with E-state index in [1.165, 1.54) is 0 Å². The Morgan fingerprint density at radius 3 is 3.00 bits per heavy atom. The summed E-state index contributed by atoms with van der Waals surface area (Å²) in [6.45, 7) is 1.90. The zero-order valence-electron chi connectivity index (χ0n) is 9.42. The van der Waals surface area contributed by atoms with E-state index < -0.39 is 6.04 Å². The van der Waals surface area contributed by atoms with Crippen molar-refractivity contribution in [2.75, 3.05) is 0 Å². The number of terminal acetylenes is 1. The Balaban J connectivity index is 2.27. The van der Waals surface area contributed by atoms with E-state index in [1.54, 1.807) is 0 Å². The summed E-state index contributed by atoms with van der Waals surface area (Å²) in [5, 5.41) is 3.83. The second-order valence-electron chi connectivity index (χ2n) is 3.64. The molecule has 0 aliphatic rings. The molecule has 0 aliphatic heterocycles. The number of hydrogen-bond acceptors (Lipinski definition) is 5. The first kappa shape index (κ1) is 11.3. The van der Waals surface area contributed by atoms with E-state index in [4.69, 9.17) is 16.7 Å². The number of pyridine rings is 1. The molecule has 5 nitrogen and oxygen atoms in total. The van der Waals surface area contributed by atoms with Crippen LogP contribution in [0.15, 0.2) is 22.7 Å². The normalized spacial score (nSPS) is 12.1.